The zero-order valence-electron chi connectivity index (χ0n) is 18.9. The smallest absolute Gasteiger partial charge is 0.254 e. The fourth-order valence-corrected chi connectivity index (χ4v) is 4.10. The van der Waals surface area contributed by atoms with Gasteiger partial charge in [-0.05, 0) is 49.6 Å². The van der Waals surface area contributed by atoms with Crippen molar-refractivity contribution in [1.29, 1.82) is 0 Å². The maximum atomic E-state index is 14.9. The first-order valence-corrected chi connectivity index (χ1v) is 11.0. The molecule has 35 heavy (non-hydrogen) atoms. The number of hydrogen-bond donors (Lipinski definition) is 3. The van der Waals surface area contributed by atoms with Crippen LogP contribution in [0.3, 0.4) is 0 Å². The normalized spacial score (nSPS) is 15.7. The molecule has 11 heteroatoms. The van der Waals surface area contributed by atoms with Crippen molar-refractivity contribution in [2.75, 3.05) is 18.9 Å². The molecular weight excluding hydrogens is 463 g/mol. The molecule has 5 N–H and O–H groups in total. The molecule has 0 spiro atoms. The van der Waals surface area contributed by atoms with Crippen molar-refractivity contribution in [3.05, 3.63) is 70.0 Å². The quantitative estimate of drug-likeness (QED) is 0.492. The van der Waals surface area contributed by atoms with Crippen LogP contribution in [0.2, 0.25) is 0 Å². The third kappa shape index (κ3) is 4.85. The molecule has 1 atom stereocenters. The molecule has 3 aromatic rings. The first-order chi connectivity index (χ1) is 16.7. The van der Waals surface area contributed by atoms with Gasteiger partial charge in [0.05, 0.1) is 12.6 Å². The van der Waals surface area contributed by atoms with Gasteiger partial charge in [0, 0.05) is 29.8 Å². The number of benzene rings is 2. The number of amides is 2. The van der Waals surface area contributed by atoms with E-state index in [0.717, 1.165) is 24.6 Å². The minimum absolute atomic E-state index is 0.00869. The number of carbonyl (C=O) groups excluding carboxylic acids is 2. The fourth-order valence-electron chi connectivity index (χ4n) is 4.10. The third-order valence-corrected chi connectivity index (χ3v) is 5.96. The van der Waals surface area contributed by atoms with Crippen LogP contribution in [0, 0.1) is 24.4 Å². The number of rotatable bonds is 6. The molecule has 2 amide bonds. The van der Waals surface area contributed by atoms with Gasteiger partial charge in [0.15, 0.2) is 0 Å². The molecular formula is C24H24F3N5O3. The molecule has 2 heterocycles. The van der Waals surface area contributed by atoms with Gasteiger partial charge in [0.2, 0.25) is 0 Å². The number of ether oxygens (including phenoxy) is 1. The van der Waals surface area contributed by atoms with Crippen LogP contribution in [0.4, 0.5) is 19.0 Å². The molecule has 0 radical (unpaired) electrons. The van der Waals surface area contributed by atoms with Crippen LogP contribution in [0.15, 0.2) is 30.3 Å². The number of hydrogen-bond acceptors (Lipinski definition) is 5. The first-order valence-electron chi connectivity index (χ1n) is 11.0. The second-order valence-electron chi connectivity index (χ2n) is 8.35. The predicted octanol–water partition coefficient (Wildman–Crippen LogP) is 3.24. The van der Waals surface area contributed by atoms with Crippen LogP contribution in [-0.2, 0) is 11.3 Å². The minimum Gasteiger partial charge on any atom is -0.383 e. The van der Waals surface area contributed by atoms with E-state index in [4.69, 9.17) is 16.2 Å². The fraction of sp³-hybridized carbons (Fsp3) is 0.292. The van der Waals surface area contributed by atoms with Crippen molar-refractivity contribution in [2.45, 2.75) is 32.4 Å². The molecule has 1 aliphatic heterocycles. The summed E-state index contributed by atoms with van der Waals surface area (Å²) in [6, 6.07) is 5.43. The predicted molar refractivity (Wildman–Crippen MR) is 122 cm³/mol. The van der Waals surface area contributed by atoms with E-state index in [-0.39, 0.29) is 34.2 Å². The highest BCUT2D eigenvalue weighted by atomic mass is 19.1. The van der Waals surface area contributed by atoms with E-state index in [0.29, 0.717) is 25.2 Å². The van der Waals surface area contributed by atoms with Crippen LogP contribution >= 0.6 is 0 Å². The van der Waals surface area contributed by atoms with Gasteiger partial charge in [-0.25, -0.2) is 17.9 Å². The number of nitrogen functional groups attached to an aromatic ring is 1. The number of aryl methyl sites for hydroxylation is 1. The highest BCUT2D eigenvalue weighted by Crippen LogP contribution is 2.33. The van der Waals surface area contributed by atoms with E-state index in [1.807, 2.05) is 0 Å². The molecule has 2 aromatic carbocycles. The summed E-state index contributed by atoms with van der Waals surface area (Å²) < 4.78 is 50.2. The summed E-state index contributed by atoms with van der Waals surface area (Å²) in [7, 11) is 0. The molecule has 1 aliphatic rings. The Balaban J connectivity index is 1.63. The van der Waals surface area contributed by atoms with Crippen LogP contribution in [0.25, 0.3) is 11.3 Å². The Morgan fingerprint density at radius 1 is 1.20 bits per heavy atom. The molecule has 184 valence electrons. The van der Waals surface area contributed by atoms with Crippen LogP contribution in [0.1, 0.15) is 50.7 Å². The molecule has 0 bridgehead atoms. The lowest BCUT2D eigenvalue weighted by molar-refractivity contribution is 0.0558. The standard InChI is InChI=1S/C24H24F3N5O3/c1-12-4-5-14(25)9-16(12)24(34)30-10-17-18(26)7-13(8-19(17)27)21-20(23(29)33)22(28)32(31-21)15-3-2-6-35-11-15/h4-5,7-9,15H,2-3,6,10-11,28H2,1H3,(H2,29,33)(H,30,34). The summed E-state index contributed by atoms with van der Waals surface area (Å²) in [4.78, 5) is 24.5. The SMILES string of the molecule is Cc1ccc(F)cc1C(=O)NCc1c(F)cc(-c2nn(C3CCCOC3)c(N)c2C(N)=O)cc1F. The van der Waals surface area contributed by atoms with Gasteiger partial charge in [-0.15, -0.1) is 0 Å². The van der Waals surface area contributed by atoms with Gasteiger partial charge in [0.25, 0.3) is 11.8 Å². The van der Waals surface area contributed by atoms with Crippen molar-refractivity contribution >= 4 is 17.6 Å². The van der Waals surface area contributed by atoms with Gasteiger partial charge < -0.3 is 21.5 Å². The maximum Gasteiger partial charge on any atom is 0.254 e. The average Bonchev–Trinajstić information content (AvgIpc) is 3.17. The Labute approximate surface area is 199 Å². The maximum absolute atomic E-state index is 14.9. The van der Waals surface area contributed by atoms with Crippen molar-refractivity contribution < 1.29 is 27.5 Å². The number of nitrogens with two attached hydrogens (primary N) is 2. The molecule has 1 unspecified atom stereocenters. The second-order valence-corrected chi connectivity index (χ2v) is 8.35. The minimum atomic E-state index is -0.971. The van der Waals surface area contributed by atoms with Crippen LogP contribution in [-0.4, -0.2) is 34.8 Å². The van der Waals surface area contributed by atoms with E-state index >= 15 is 0 Å². The van der Waals surface area contributed by atoms with E-state index in [1.165, 1.54) is 16.8 Å². The monoisotopic (exact) mass is 487 g/mol. The molecule has 1 fully saturated rings. The summed E-state index contributed by atoms with van der Waals surface area (Å²) in [5.74, 6) is -4.12. The lowest BCUT2D eigenvalue weighted by atomic mass is 10.0. The summed E-state index contributed by atoms with van der Waals surface area (Å²) in [5, 5.41) is 6.74. The highest BCUT2D eigenvalue weighted by Gasteiger charge is 2.28. The Hall–Kier alpha value is -3.86. The third-order valence-electron chi connectivity index (χ3n) is 5.96. The van der Waals surface area contributed by atoms with Crippen molar-refractivity contribution in [2.24, 2.45) is 5.73 Å². The van der Waals surface area contributed by atoms with Gasteiger partial charge in [0.1, 0.15) is 34.5 Å². The first kappa shape index (κ1) is 24.3. The second kappa shape index (κ2) is 9.79. The lowest BCUT2D eigenvalue weighted by Crippen LogP contribution is -2.25. The number of carbonyl (C=O) groups is 2. The molecule has 4 rings (SSSR count). The zero-order valence-corrected chi connectivity index (χ0v) is 18.9. The lowest BCUT2D eigenvalue weighted by Gasteiger charge is -2.23. The molecule has 0 aliphatic carbocycles. The van der Waals surface area contributed by atoms with Gasteiger partial charge in [-0.3, -0.25) is 9.59 Å². The van der Waals surface area contributed by atoms with E-state index in [2.05, 4.69) is 10.4 Å². The van der Waals surface area contributed by atoms with Gasteiger partial charge >= 0.3 is 0 Å². The summed E-state index contributed by atoms with van der Waals surface area (Å²) >= 11 is 0. The van der Waals surface area contributed by atoms with Gasteiger partial charge in [-0.1, -0.05) is 6.07 Å². The zero-order chi connectivity index (χ0) is 25.3. The Kier molecular flexibility index (Phi) is 6.79. The summed E-state index contributed by atoms with van der Waals surface area (Å²) in [5.41, 5.74) is 11.5. The number of halogens is 3. The van der Waals surface area contributed by atoms with Crippen LogP contribution < -0.4 is 16.8 Å². The molecule has 0 saturated carbocycles. The van der Waals surface area contributed by atoms with E-state index < -0.39 is 41.4 Å². The number of aromatic nitrogens is 2. The molecule has 1 aromatic heterocycles. The highest BCUT2D eigenvalue weighted by molar-refractivity contribution is 6.03. The molecule has 1 saturated heterocycles. The number of anilines is 1. The van der Waals surface area contributed by atoms with Crippen molar-refractivity contribution in [3.63, 3.8) is 0 Å². The van der Waals surface area contributed by atoms with E-state index in [1.54, 1.807) is 6.92 Å². The summed E-state index contributed by atoms with van der Waals surface area (Å²) in [6.45, 7) is 2.06. The Bertz CT molecular complexity index is 1280. The number of primary amides is 1. The summed E-state index contributed by atoms with van der Waals surface area (Å²) in [6.07, 6.45) is 1.47. The van der Waals surface area contributed by atoms with Gasteiger partial charge in [-0.2, -0.15) is 5.10 Å². The topological polar surface area (TPSA) is 125 Å². The number of nitrogens with zero attached hydrogens (tertiary/aromatic N) is 2. The van der Waals surface area contributed by atoms with Crippen LogP contribution in [0.5, 0.6) is 0 Å². The van der Waals surface area contributed by atoms with E-state index in [9.17, 15) is 22.8 Å². The largest absolute Gasteiger partial charge is 0.383 e. The Morgan fingerprint density at radius 3 is 2.54 bits per heavy atom. The average molecular weight is 487 g/mol. The Morgan fingerprint density at radius 2 is 1.91 bits per heavy atom. The van der Waals surface area contributed by atoms with Crippen molar-refractivity contribution in [1.82, 2.24) is 15.1 Å². The molecule has 8 nitrogen and oxygen atoms in total. The van der Waals surface area contributed by atoms with Crippen molar-refractivity contribution in [3.8, 4) is 11.3 Å². The number of nitrogens with one attached hydrogen (secondary N) is 1.